The largest absolute Gasteiger partial charge is 0.370 e. The van der Waals surface area contributed by atoms with Crippen LogP contribution in [0.25, 0.3) is 11.3 Å². The minimum atomic E-state index is -0.509. The number of benzene rings is 2. The van der Waals surface area contributed by atoms with Crippen LogP contribution in [-0.4, -0.2) is 40.8 Å². The smallest absolute Gasteiger partial charge is 0.255 e. The predicted octanol–water partition coefficient (Wildman–Crippen LogP) is 4.25. The lowest BCUT2D eigenvalue weighted by molar-refractivity contribution is 0.0390. The summed E-state index contributed by atoms with van der Waals surface area (Å²) in [5, 5.41) is 0. The number of hydrogen-bond donors (Lipinski definition) is 0. The molecule has 1 fully saturated rings. The third-order valence-electron chi connectivity index (χ3n) is 6.97. The number of morpholine rings is 1. The van der Waals surface area contributed by atoms with E-state index in [-0.39, 0.29) is 17.2 Å². The number of fused-ring (bicyclic) bond motifs is 1. The summed E-state index contributed by atoms with van der Waals surface area (Å²) < 4.78 is 21.9. The average Bonchev–Trinajstić information content (AvgIpc) is 3.35. The molecule has 4 heterocycles. The van der Waals surface area contributed by atoms with Gasteiger partial charge in [0.05, 0.1) is 25.0 Å². The summed E-state index contributed by atoms with van der Waals surface area (Å²) in [5.41, 5.74) is 5.18. The van der Waals surface area contributed by atoms with Gasteiger partial charge in [-0.15, -0.1) is 0 Å². The van der Waals surface area contributed by atoms with Crippen molar-refractivity contribution in [2.45, 2.75) is 12.5 Å². The van der Waals surface area contributed by atoms with Crippen LogP contribution in [0.2, 0.25) is 0 Å². The second kappa shape index (κ2) is 9.20. The van der Waals surface area contributed by atoms with Crippen LogP contribution in [0, 0.1) is 5.82 Å². The number of halogens is 1. The van der Waals surface area contributed by atoms with Gasteiger partial charge in [-0.05, 0) is 41.8 Å². The number of ether oxygens (including phenoxy) is 1. The van der Waals surface area contributed by atoms with Crippen LogP contribution >= 0.6 is 0 Å². The van der Waals surface area contributed by atoms with Gasteiger partial charge in [0, 0.05) is 49.3 Å². The predicted molar refractivity (Wildman–Crippen MR) is 137 cm³/mol. The van der Waals surface area contributed by atoms with Crippen molar-refractivity contribution in [1.29, 1.82) is 0 Å². The van der Waals surface area contributed by atoms with Gasteiger partial charge < -0.3 is 14.5 Å². The van der Waals surface area contributed by atoms with Crippen LogP contribution in [0.15, 0.2) is 77.9 Å². The first-order chi connectivity index (χ1) is 17.6. The molecular weight excluding hydrogens is 457 g/mol. The van der Waals surface area contributed by atoms with Gasteiger partial charge in [-0.25, -0.2) is 9.37 Å². The third kappa shape index (κ3) is 4.03. The Morgan fingerprint density at radius 2 is 1.89 bits per heavy atom. The summed E-state index contributed by atoms with van der Waals surface area (Å²) in [6.45, 7) is 2.59. The van der Waals surface area contributed by atoms with Gasteiger partial charge in [0.2, 0.25) is 5.95 Å². The first kappa shape index (κ1) is 22.4. The molecule has 36 heavy (non-hydrogen) atoms. The fourth-order valence-electron chi connectivity index (χ4n) is 5.04. The minimum absolute atomic E-state index is 0.170. The molecule has 7 nitrogen and oxygen atoms in total. The Morgan fingerprint density at radius 3 is 2.72 bits per heavy atom. The molecule has 0 bridgehead atoms. The van der Waals surface area contributed by atoms with Gasteiger partial charge in [-0.1, -0.05) is 30.3 Å². The van der Waals surface area contributed by atoms with Gasteiger partial charge in [0.15, 0.2) is 5.82 Å². The molecule has 0 radical (unpaired) electrons. The first-order valence-corrected chi connectivity index (χ1v) is 12.1. The lowest BCUT2D eigenvalue weighted by atomic mass is 10.1. The molecule has 0 spiro atoms. The minimum Gasteiger partial charge on any atom is -0.370 e. The van der Waals surface area contributed by atoms with E-state index in [1.54, 1.807) is 7.05 Å². The Morgan fingerprint density at radius 1 is 1.06 bits per heavy atom. The maximum Gasteiger partial charge on any atom is 0.255 e. The van der Waals surface area contributed by atoms with Crippen molar-refractivity contribution in [3.8, 4) is 11.3 Å². The normalized spacial score (nSPS) is 17.3. The number of pyridine rings is 1. The molecule has 8 heteroatoms. The molecule has 0 aliphatic carbocycles. The van der Waals surface area contributed by atoms with E-state index in [0.29, 0.717) is 31.3 Å². The fourth-order valence-corrected chi connectivity index (χ4v) is 5.04. The van der Waals surface area contributed by atoms with Crippen molar-refractivity contribution < 1.29 is 9.13 Å². The highest BCUT2D eigenvalue weighted by molar-refractivity contribution is 5.70. The van der Waals surface area contributed by atoms with E-state index in [1.165, 1.54) is 34.1 Å². The van der Waals surface area contributed by atoms with E-state index in [9.17, 15) is 9.18 Å². The summed E-state index contributed by atoms with van der Waals surface area (Å²) >= 11 is 0. The highest BCUT2D eigenvalue weighted by Crippen LogP contribution is 2.35. The van der Waals surface area contributed by atoms with Crippen LogP contribution in [0.3, 0.4) is 0 Å². The van der Waals surface area contributed by atoms with E-state index in [2.05, 4.69) is 63.4 Å². The second-order valence-corrected chi connectivity index (χ2v) is 9.12. The Hall–Kier alpha value is -4.04. The highest BCUT2D eigenvalue weighted by Gasteiger charge is 2.26. The number of hydrogen-bond acceptors (Lipinski definition) is 6. The molecule has 2 aromatic carbocycles. The monoisotopic (exact) mass is 483 g/mol. The molecule has 0 unspecified atom stereocenters. The van der Waals surface area contributed by atoms with Crippen molar-refractivity contribution >= 4 is 17.3 Å². The highest BCUT2D eigenvalue weighted by atomic mass is 19.1. The van der Waals surface area contributed by atoms with Crippen molar-refractivity contribution in [1.82, 2.24) is 14.5 Å². The van der Waals surface area contributed by atoms with Gasteiger partial charge in [0.1, 0.15) is 6.10 Å². The molecule has 4 aromatic rings. The van der Waals surface area contributed by atoms with E-state index in [4.69, 9.17) is 4.74 Å². The molecule has 0 amide bonds. The standard InChI is InChI=1S/C28H26FN5O2/c1-32-27(35)16-24(22-10-12-30-17-23(22)29)31-28(32)33-14-15-36-26(18-33)20-6-8-21(9-7-20)34-13-11-19-4-2-3-5-25(19)34/h2-10,12,16-17,26H,11,13-15,18H2,1H3/t26-/m1/s1. The van der Waals surface area contributed by atoms with Gasteiger partial charge >= 0.3 is 0 Å². The van der Waals surface area contributed by atoms with Crippen molar-refractivity contribution in [2.75, 3.05) is 36.0 Å². The lowest BCUT2D eigenvalue weighted by Gasteiger charge is -2.34. The molecule has 1 atom stereocenters. The number of para-hydroxylation sites is 1. The molecule has 1 saturated heterocycles. The number of nitrogens with zero attached hydrogens (tertiary/aromatic N) is 5. The SMILES string of the molecule is Cn1c(N2CCO[C@@H](c3ccc(N4CCc5ccccc54)cc3)C2)nc(-c2ccncc2F)cc1=O. The maximum atomic E-state index is 14.3. The van der Waals surface area contributed by atoms with Crippen molar-refractivity contribution in [3.63, 3.8) is 0 Å². The Labute approximate surface area is 208 Å². The lowest BCUT2D eigenvalue weighted by Crippen LogP contribution is -2.41. The summed E-state index contributed by atoms with van der Waals surface area (Å²) in [7, 11) is 1.69. The topological polar surface area (TPSA) is 63.5 Å². The van der Waals surface area contributed by atoms with Crippen LogP contribution < -0.4 is 15.4 Å². The van der Waals surface area contributed by atoms with Gasteiger partial charge in [0.25, 0.3) is 5.56 Å². The Kier molecular flexibility index (Phi) is 5.73. The molecule has 0 N–H and O–H groups in total. The van der Waals surface area contributed by atoms with Crippen LogP contribution in [0.4, 0.5) is 21.7 Å². The van der Waals surface area contributed by atoms with Crippen LogP contribution in [-0.2, 0) is 18.2 Å². The number of rotatable bonds is 4. The van der Waals surface area contributed by atoms with Gasteiger partial charge in [-0.2, -0.15) is 0 Å². The van der Waals surface area contributed by atoms with Crippen LogP contribution in [0.1, 0.15) is 17.2 Å². The van der Waals surface area contributed by atoms with Crippen molar-refractivity contribution in [2.24, 2.45) is 7.05 Å². The first-order valence-electron chi connectivity index (χ1n) is 12.1. The zero-order chi connectivity index (χ0) is 24.6. The Bertz CT molecular complexity index is 1470. The molecule has 182 valence electrons. The zero-order valence-corrected chi connectivity index (χ0v) is 20.0. The second-order valence-electron chi connectivity index (χ2n) is 9.12. The van der Waals surface area contributed by atoms with Crippen molar-refractivity contribution in [3.05, 3.63) is 100 Å². The Balaban J connectivity index is 1.25. The summed E-state index contributed by atoms with van der Waals surface area (Å²) in [6.07, 6.45) is 3.50. The number of aromatic nitrogens is 3. The van der Waals surface area contributed by atoms with Gasteiger partial charge in [-0.3, -0.25) is 14.3 Å². The van der Waals surface area contributed by atoms with E-state index in [1.807, 2.05) is 4.90 Å². The maximum absolute atomic E-state index is 14.3. The van der Waals surface area contributed by atoms with Crippen LogP contribution in [0.5, 0.6) is 0 Å². The summed E-state index contributed by atoms with van der Waals surface area (Å²) in [6, 6.07) is 19.9. The molecule has 6 rings (SSSR count). The fraction of sp³-hybridized carbons (Fsp3) is 0.250. The molecule has 2 aromatic heterocycles. The summed E-state index contributed by atoms with van der Waals surface area (Å²) in [5.74, 6) is -0.0166. The zero-order valence-electron chi connectivity index (χ0n) is 20.0. The average molecular weight is 484 g/mol. The van der Waals surface area contributed by atoms with E-state index < -0.39 is 5.82 Å². The molecule has 0 saturated carbocycles. The number of anilines is 3. The van der Waals surface area contributed by atoms with E-state index in [0.717, 1.165) is 30.4 Å². The third-order valence-corrected chi connectivity index (χ3v) is 6.97. The quantitative estimate of drug-likeness (QED) is 0.432. The molecular formula is C28H26FN5O2. The molecule has 2 aliphatic heterocycles. The van der Waals surface area contributed by atoms with E-state index >= 15 is 0 Å². The molecule has 2 aliphatic rings. The summed E-state index contributed by atoms with van der Waals surface area (Å²) in [4.78, 5) is 25.5.